The van der Waals surface area contributed by atoms with E-state index in [0.717, 1.165) is 33.4 Å². The fraction of sp³-hybridized carbons (Fsp3) is 0.100. The number of hydrogen-bond donors (Lipinski definition) is 1. The minimum Gasteiger partial charge on any atom is -0.354 e. The van der Waals surface area contributed by atoms with Gasteiger partial charge in [0.1, 0.15) is 0 Å². The molecule has 0 bridgehead atoms. The molecule has 0 atom stereocenters. The van der Waals surface area contributed by atoms with Crippen molar-refractivity contribution in [3.05, 3.63) is 83.0 Å². The van der Waals surface area contributed by atoms with Crippen LogP contribution in [0.15, 0.2) is 61.8 Å². The Bertz CT molecular complexity index is 938. The summed E-state index contributed by atoms with van der Waals surface area (Å²) < 4.78 is 2.08. The first-order valence-electron chi connectivity index (χ1n) is 7.60. The van der Waals surface area contributed by atoms with Crippen LogP contribution >= 0.6 is 23.2 Å². The number of anilines is 1. The number of nitrogens with zero attached hydrogens (tertiary/aromatic N) is 1. The van der Waals surface area contributed by atoms with E-state index in [1.165, 1.54) is 0 Å². The zero-order valence-electron chi connectivity index (χ0n) is 13.4. The van der Waals surface area contributed by atoms with Crippen LogP contribution in [-0.2, 0) is 13.5 Å². The minimum absolute atomic E-state index is 0.609. The van der Waals surface area contributed by atoms with Gasteiger partial charge in [0.2, 0.25) is 0 Å². The first kappa shape index (κ1) is 16.7. The molecular formula is C20H18Cl2N2. The van der Waals surface area contributed by atoms with Gasteiger partial charge in [0.15, 0.2) is 0 Å². The van der Waals surface area contributed by atoms with E-state index in [2.05, 4.69) is 41.4 Å². The molecule has 0 amide bonds. The second-order valence-electron chi connectivity index (χ2n) is 5.69. The summed E-state index contributed by atoms with van der Waals surface area (Å²) in [5, 5.41) is 5.70. The van der Waals surface area contributed by atoms with Crippen molar-refractivity contribution in [3.63, 3.8) is 0 Å². The van der Waals surface area contributed by atoms with Gasteiger partial charge in [-0.15, -0.1) is 6.58 Å². The third kappa shape index (κ3) is 3.08. The number of para-hydroxylation sites is 1. The monoisotopic (exact) mass is 356 g/mol. The SMILES string of the molecule is C=CCc1cc(Cl)c(NC(=C)c2cn(C)c3ccccc23)cc1Cl. The minimum atomic E-state index is 0.609. The summed E-state index contributed by atoms with van der Waals surface area (Å²) in [7, 11) is 2.02. The Morgan fingerprint density at radius 3 is 2.71 bits per heavy atom. The Labute approximate surface area is 152 Å². The standard InChI is InChI=1S/C20H18Cl2N2/c1-4-7-14-10-18(22)19(11-17(14)21)23-13(2)16-12-24(3)20-9-6-5-8-15(16)20/h4-6,8-12,23H,1-2,7H2,3H3. The quantitative estimate of drug-likeness (QED) is 0.531. The predicted molar refractivity (Wildman–Crippen MR) is 106 cm³/mol. The summed E-state index contributed by atoms with van der Waals surface area (Å²) >= 11 is 12.7. The maximum atomic E-state index is 6.39. The number of halogens is 2. The van der Waals surface area contributed by atoms with E-state index in [-0.39, 0.29) is 0 Å². The Hall–Kier alpha value is -2.16. The van der Waals surface area contributed by atoms with Gasteiger partial charge in [0, 0.05) is 40.4 Å². The lowest BCUT2D eigenvalue weighted by Gasteiger charge is -2.13. The fourth-order valence-corrected chi connectivity index (χ4v) is 3.28. The number of fused-ring (bicyclic) bond motifs is 1. The molecule has 3 aromatic rings. The van der Waals surface area contributed by atoms with Gasteiger partial charge < -0.3 is 9.88 Å². The average Bonchev–Trinajstić information content (AvgIpc) is 2.90. The number of nitrogens with one attached hydrogen (secondary N) is 1. The molecule has 1 heterocycles. The zero-order valence-corrected chi connectivity index (χ0v) is 15.0. The van der Waals surface area contributed by atoms with Crippen LogP contribution in [0.2, 0.25) is 10.0 Å². The normalized spacial score (nSPS) is 10.8. The molecule has 0 radical (unpaired) electrons. The number of rotatable bonds is 5. The summed E-state index contributed by atoms with van der Waals surface area (Å²) in [6, 6.07) is 11.9. The van der Waals surface area contributed by atoms with Crippen LogP contribution in [0.4, 0.5) is 5.69 Å². The third-order valence-electron chi connectivity index (χ3n) is 4.01. The van der Waals surface area contributed by atoms with E-state index < -0.39 is 0 Å². The summed E-state index contributed by atoms with van der Waals surface area (Å²) in [6.45, 7) is 7.91. The van der Waals surface area contributed by atoms with Gasteiger partial charge in [0.25, 0.3) is 0 Å². The Balaban J connectivity index is 1.95. The van der Waals surface area contributed by atoms with Crippen molar-refractivity contribution >= 4 is 45.5 Å². The van der Waals surface area contributed by atoms with Crippen molar-refractivity contribution in [1.82, 2.24) is 4.57 Å². The Morgan fingerprint density at radius 2 is 1.96 bits per heavy atom. The van der Waals surface area contributed by atoms with E-state index in [9.17, 15) is 0 Å². The summed E-state index contributed by atoms with van der Waals surface area (Å²) in [5.41, 5.74) is 4.67. The number of hydrogen-bond acceptors (Lipinski definition) is 1. The van der Waals surface area contributed by atoms with Crippen LogP contribution in [0.5, 0.6) is 0 Å². The highest BCUT2D eigenvalue weighted by Gasteiger charge is 2.12. The van der Waals surface area contributed by atoms with Crippen LogP contribution in [0.1, 0.15) is 11.1 Å². The van der Waals surface area contributed by atoms with Crippen LogP contribution in [0.25, 0.3) is 16.6 Å². The molecule has 0 aliphatic rings. The smallest absolute Gasteiger partial charge is 0.0644 e. The molecule has 3 rings (SSSR count). The van der Waals surface area contributed by atoms with Gasteiger partial charge in [-0.25, -0.2) is 0 Å². The lowest BCUT2D eigenvalue weighted by Crippen LogP contribution is -1.99. The first-order chi connectivity index (χ1) is 11.5. The van der Waals surface area contributed by atoms with Crippen molar-refractivity contribution in [2.45, 2.75) is 6.42 Å². The zero-order chi connectivity index (χ0) is 17.3. The van der Waals surface area contributed by atoms with Crippen LogP contribution in [0.3, 0.4) is 0 Å². The van der Waals surface area contributed by atoms with Crippen LogP contribution < -0.4 is 5.32 Å². The second-order valence-corrected chi connectivity index (χ2v) is 6.51. The molecule has 2 aromatic carbocycles. The largest absolute Gasteiger partial charge is 0.354 e. The van der Waals surface area contributed by atoms with E-state index in [4.69, 9.17) is 23.2 Å². The molecule has 1 aromatic heterocycles. The predicted octanol–water partition coefficient (Wildman–Crippen LogP) is 6.30. The maximum Gasteiger partial charge on any atom is 0.0644 e. The van der Waals surface area contributed by atoms with Crippen LogP contribution in [0, 0.1) is 0 Å². The molecule has 0 aliphatic heterocycles. The molecule has 122 valence electrons. The van der Waals surface area contributed by atoms with E-state index in [1.807, 2.05) is 31.3 Å². The van der Waals surface area contributed by atoms with Gasteiger partial charge in [-0.2, -0.15) is 0 Å². The highest BCUT2D eigenvalue weighted by Crippen LogP contribution is 2.33. The molecule has 0 spiro atoms. The van der Waals surface area contributed by atoms with Crippen molar-refractivity contribution in [3.8, 4) is 0 Å². The van der Waals surface area contributed by atoms with E-state index >= 15 is 0 Å². The molecule has 2 nitrogen and oxygen atoms in total. The summed E-state index contributed by atoms with van der Waals surface area (Å²) in [4.78, 5) is 0. The van der Waals surface area contributed by atoms with Gasteiger partial charge >= 0.3 is 0 Å². The lowest BCUT2D eigenvalue weighted by molar-refractivity contribution is 0.967. The summed E-state index contributed by atoms with van der Waals surface area (Å²) in [5.74, 6) is 0. The maximum absolute atomic E-state index is 6.39. The van der Waals surface area contributed by atoms with Crippen molar-refractivity contribution < 1.29 is 0 Å². The highest BCUT2D eigenvalue weighted by molar-refractivity contribution is 6.36. The van der Waals surface area contributed by atoms with Crippen molar-refractivity contribution in [2.24, 2.45) is 7.05 Å². The van der Waals surface area contributed by atoms with Crippen molar-refractivity contribution in [2.75, 3.05) is 5.32 Å². The molecule has 0 unspecified atom stereocenters. The lowest BCUT2D eigenvalue weighted by atomic mass is 10.1. The topological polar surface area (TPSA) is 17.0 Å². The van der Waals surface area contributed by atoms with Crippen LogP contribution in [-0.4, -0.2) is 4.57 Å². The Kier molecular flexibility index (Phi) is 4.70. The van der Waals surface area contributed by atoms with Gasteiger partial charge in [-0.3, -0.25) is 0 Å². The Morgan fingerprint density at radius 1 is 1.21 bits per heavy atom. The number of aromatic nitrogens is 1. The highest BCUT2D eigenvalue weighted by atomic mass is 35.5. The molecule has 0 fully saturated rings. The van der Waals surface area contributed by atoms with E-state index in [0.29, 0.717) is 16.5 Å². The van der Waals surface area contributed by atoms with Gasteiger partial charge in [0.05, 0.1) is 10.7 Å². The number of allylic oxidation sites excluding steroid dienone is 1. The third-order valence-corrected chi connectivity index (χ3v) is 4.67. The second kappa shape index (κ2) is 6.76. The number of benzene rings is 2. The molecule has 0 saturated carbocycles. The van der Waals surface area contributed by atoms with E-state index in [1.54, 1.807) is 6.08 Å². The molecule has 24 heavy (non-hydrogen) atoms. The molecule has 1 N–H and O–H groups in total. The van der Waals surface area contributed by atoms with Crippen molar-refractivity contribution in [1.29, 1.82) is 0 Å². The average molecular weight is 357 g/mol. The molecule has 0 aliphatic carbocycles. The number of aryl methyl sites for hydroxylation is 1. The summed E-state index contributed by atoms with van der Waals surface area (Å²) in [6.07, 6.45) is 4.55. The molecule has 0 saturated heterocycles. The van der Waals surface area contributed by atoms with Gasteiger partial charge in [-0.1, -0.05) is 54.1 Å². The first-order valence-corrected chi connectivity index (χ1v) is 8.36. The van der Waals surface area contributed by atoms with Gasteiger partial charge in [-0.05, 0) is 30.2 Å². The molecule has 4 heteroatoms. The molecular weight excluding hydrogens is 339 g/mol. The fourth-order valence-electron chi connectivity index (χ4n) is 2.81.